The number of rotatable bonds is 10. The highest BCUT2D eigenvalue weighted by atomic mass is 16.5. The Morgan fingerprint density at radius 3 is 2.53 bits per heavy atom. The monoisotopic (exact) mass is 267 g/mol. The molecule has 0 saturated carbocycles. The average molecular weight is 267 g/mol. The Labute approximate surface area is 116 Å². The van der Waals surface area contributed by atoms with Gasteiger partial charge in [0.15, 0.2) is 0 Å². The average Bonchev–Trinajstić information content (AvgIpc) is 2.42. The van der Waals surface area contributed by atoms with E-state index >= 15 is 0 Å². The molecule has 4 heteroatoms. The molecule has 1 aromatic rings. The summed E-state index contributed by atoms with van der Waals surface area (Å²) in [7, 11) is 1.73. The number of benzene rings is 1. The third-order valence-corrected chi connectivity index (χ3v) is 2.65. The van der Waals surface area contributed by atoms with E-state index in [1.165, 1.54) is 0 Å². The smallest absolute Gasteiger partial charge is 0.142 e. The highest BCUT2D eigenvalue weighted by Gasteiger charge is 2.05. The quantitative estimate of drug-likeness (QED) is 0.660. The SMILES string of the molecule is CCOc1ccc(OCC)c(NCCCCOC)c1. The summed E-state index contributed by atoms with van der Waals surface area (Å²) in [6, 6.07) is 5.88. The van der Waals surface area contributed by atoms with Crippen molar-refractivity contribution in [2.75, 3.05) is 38.8 Å². The molecule has 0 spiro atoms. The van der Waals surface area contributed by atoms with Crippen LogP contribution in [0, 0.1) is 0 Å². The Hall–Kier alpha value is -1.42. The molecule has 19 heavy (non-hydrogen) atoms. The lowest BCUT2D eigenvalue weighted by molar-refractivity contribution is 0.194. The van der Waals surface area contributed by atoms with Crippen LogP contribution in [0.3, 0.4) is 0 Å². The van der Waals surface area contributed by atoms with E-state index in [0.29, 0.717) is 13.2 Å². The van der Waals surface area contributed by atoms with Crippen LogP contribution in [0.5, 0.6) is 11.5 Å². The first-order chi connectivity index (χ1) is 9.31. The first-order valence-corrected chi connectivity index (χ1v) is 6.94. The van der Waals surface area contributed by atoms with Crippen LogP contribution in [0.15, 0.2) is 18.2 Å². The summed E-state index contributed by atoms with van der Waals surface area (Å²) >= 11 is 0. The molecule has 4 nitrogen and oxygen atoms in total. The molecule has 0 saturated heterocycles. The van der Waals surface area contributed by atoms with Crippen molar-refractivity contribution in [3.63, 3.8) is 0 Å². The molecule has 0 aromatic heterocycles. The second-order valence-corrected chi connectivity index (χ2v) is 4.15. The van der Waals surface area contributed by atoms with E-state index in [0.717, 1.165) is 43.2 Å². The van der Waals surface area contributed by atoms with E-state index in [-0.39, 0.29) is 0 Å². The lowest BCUT2D eigenvalue weighted by Gasteiger charge is -2.14. The van der Waals surface area contributed by atoms with E-state index in [4.69, 9.17) is 14.2 Å². The lowest BCUT2D eigenvalue weighted by atomic mass is 10.2. The van der Waals surface area contributed by atoms with Gasteiger partial charge in [-0.25, -0.2) is 0 Å². The van der Waals surface area contributed by atoms with Gasteiger partial charge in [-0.1, -0.05) is 0 Å². The Kier molecular flexibility index (Phi) is 7.82. The summed E-state index contributed by atoms with van der Waals surface area (Å²) in [6.07, 6.45) is 2.12. The maximum absolute atomic E-state index is 5.61. The van der Waals surface area contributed by atoms with Gasteiger partial charge < -0.3 is 19.5 Å². The minimum Gasteiger partial charge on any atom is -0.494 e. The van der Waals surface area contributed by atoms with Crippen LogP contribution in [-0.4, -0.2) is 33.5 Å². The van der Waals surface area contributed by atoms with Crippen LogP contribution >= 0.6 is 0 Å². The molecule has 0 bridgehead atoms. The van der Waals surface area contributed by atoms with Gasteiger partial charge in [0.2, 0.25) is 0 Å². The number of hydrogen-bond acceptors (Lipinski definition) is 4. The molecule has 0 heterocycles. The predicted octanol–water partition coefficient (Wildman–Crippen LogP) is 3.32. The van der Waals surface area contributed by atoms with Gasteiger partial charge in [0.05, 0.1) is 18.9 Å². The highest BCUT2D eigenvalue weighted by Crippen LogP contribution is 2.29. The molecule has 1 N–H and O–H groups in total. The zero-order valence-electron chi connectivity index (χ0n) is 12.2. The Morgan fingerprint density at radius 2 is 1.84 bits per heavy atom. The van der Waals surface area contributed by atoms with Gasteiger partial charge in [-0.05, 0) is 38.8 Å². The number of ether oxygens (including phenoxy) is 3. The number of anilines is 1. The fourth-order valence-corrected chi connectivity index (χ4v) is 1.78. The molecule has 0 atom stereocenters. The minimum atomic E-state index is 0.659. The summed E-state index contributed by atoms with van der Waals surface area (Å²) < 4.78 is 16.1. The molecule has 0 aliphatic carbocycles. The van der Waals surface area contributed by atoms with E-state index < -0.39 is 0 Å². The maximum Gasteiger partial charge on any atom is 0.142 e. The number of methoxy groups -OCH3 is 1. The van der Waals surface area contributed by atoms with Crippen molar-refractivity contribution >= 4 is 5.69 Å². The second kappa shape index (κ2) is 9.50. The van der Waals surface area contributed by atoms with E-state index in [1.807, 2.05) is 32.0 Å². The molecular weight excluding hydrogens is 242 g/mol. The van der Waals surface area contributed by atoms with Gasteiger partial charge in [-0.2, -0.15) is 0 Å². The van der Waals surface area contributed by atoms with Crippen LogP contribution in [0.2, 0.25) is 0 Å². The topological polar surface area (TPSA) is 39.7 Å². The van der Waals surface area contributed by atoms with E-state index in [1.54, 1.807) is 7.11 Å². The minimum absolute atomic E-state index is 0.659. The van der Waals surface area contributed by atoms with Crippen molar-refractivity contribution in [3.8, 4) is 11.5 Å². The Balaban J connectivity index is 2.57. The number of hydrogen-bond donors (Lipinski definition) is 1. The molecule has 0 radical (unpaired) electrons. The van der Waals surface area contributed by atoms with Gasteiger partial charge in [-0.3, -0.25) is 0 Å². The zero-order valence-corrected chi connectivity index (χ0v) is 12.2. The van der Waals surface area contributed by atoms with Crippen LogP contribution in [-0.2, 0) is 4.74 Å². The van der Waals surface area contributed by atoms with Crippen molar-refractivity contribution in [2.24, 2.45) is 0 Å². The summed E-state index contributed by atoms with van der Waals surface area (Å²) in [6.45, 7) is 7.00. The fourth-order valence-electron chi connectivity index (χ4n) is 1.78. The summed E-state index contributed by atoms with van der Waals surface area (Å²) in [5.74, 6) is 1.74. The third-order valence-electron chi connectivity index (χ3n) is 2.65. The first-order valence-electron chi connectivity index (χ1n) is 6.94. The molecule has 1 rings (SSSR count). The third kappa shape index (κ3) is 5.83. The predicted molar refractivity (Wildman–Crippen MR) is 78.4 cm³/mol. The first kappa shape index (κ1) is 15.6. The van der Waals surface area contributed by atoms with Crippen LogP contribution < -0.4 is 14.8 Å². The molecule has 108 valence electrons. The number of unbranched alkanes of at least 4 members (excludes halogenated alkanes) is 1. The van der Waals surface area contributed by atoms with E-state index in [2.05, 4.69) is 5.32 Å². The summed E-state index contributed by atoms with van der Waals surface area (Å²) in [5.41, 5.74) is 0.991. The van der Waals surface area contributed by atoms with E-state index in [9.17, 15) is 0 Å². The lowest BCUT2D eigenvalue weighted by Crippen LogP contribution is -2.06. The highest BCUT2D eigenvalue weighted by molar-refractivity contribution is 5.59. The van der Waals surface area contributed by atoms with Crippen molar-refractivity contribution in [1.29, 1.82) is 0 Å². The molecule has 0 amide bonds. The van der Waals surface area contributed by atoms with Gasteiger partial charge >= 0.3 is 0 Å². The van der Waals surface area contributed by atoms with Crippen LogP contribution in [0.1, 0.15) is 26.7 Å². The second-order valence-electron chi connectivity index (χ2n) is 4.15. The van der Waals surface area contributed by atoms with Gasteiger partial charge in [-0.15, -0.1) is 0 Å². The molecule has 0 fully saturated rings. The fraction of sp³-hybridized carbons (Fsp3) is 0.600. The molecule has 0 aliphatic rings. The normalized spacial score (nSPS) is 10.3. The summed E-state index contributed by atoms with van der Waals surface area (Å²) in [5, 5.41) is 3.40. The van der Waals surface area contributed by atoms with Crippen LogP contribution in [0.25, 0.3) is 0 Å². The van der Waals surface area contributed by atoms with Crippen molar-refractivity contribution in [3.05, 3.63) is 18.2 Å². The maximum atomic E-state index is 5.61. The number of nitrogens with one attached hydrogen (secondary N) is 1. The molecule has 1 aromatic carbocycles. The van der Waals surface area contributed by atoms with Crippen LogP contribution in [0.4, 0.5) is 5.69 Å². The van der Waals surface area contributed by atoms with Crippen molar-refractivity contribution in [1.82, 2.24) is 0 Å². The Morgan fingerprint density at radius 1 is 1.05 bits per heavy atom. The largest absolute Gasteiger partial charge is 0.494 e. The molecule has 0 aliphatic heterocycles. The Bertz CT molecular complexity index is 355. The zero-order chi connectivity index (χ0) is 13.9. The van der Waals surface area contributed by atoms with Gasteiger partial charge in [0.25, 0.3) is 0 Å². The molecular formula is C15H25NO3. The van der Waals surface area contributed by atoms with Gasteiger partial charge in [0, 0.05) is 26.3 Å². The van der Waals surface area contributed by atoms with Crippen molar-refractivity contribution in [2.45, 2.75) is 26.7 Å². The molecule has 0 unspecified atom stereocenters. The summed E-state index contributed by atoms with van der Waals surface area (Å²) in [4.78, 5) is 0. The standard InChI is InChI=1S/C15H25NO3/c1-4-18-13-8-9-15(19-5-2)14(12-13)16-10-6-7-11-17-3/h8-9,12,16H,4-7,10-11H2,1-3H3. The van der Waals surface area contributed by atoms with Crippen molar-refractivity contribution < 1.29 is 14.2 Å². The van der Waals surface area contributed by atoms with Gasteiger partial charge in [0.1, 0.15) is 11.5 Å².